The predicted molar refractivity (Wildman–Crippen MR) is 40.2 cm³/mol. The van der Waals surface area contributed by atoms with Crippen molar-refractivity contribution in [2.45, 2.75) is 19.3 Å². The van der Waals surface area contributed by atoms with Crippen LogP contribution in [0.5, 0.6) is 0 Å². The zero-order chi connectivity index (χ0) is 8.98. The Morgan fingerprint density at radius 2 is 2.08 bits per heavy atom. The minimum absolute atomic E-state index is 0.103. The van der Waals surface area contributed by atoms with Gasteiger partial charge in [0.25, 0.3) is 5.91 Å². The molecule has 0 aromatic heterocycles. The summed E-state index contributed by atoms with van der Waals surface area (Å²) in [6.07, 6.45) is 0.895. The molecule has 2 heterocycles. The van der Waals surface area contributed by atoms with Crippen LogP contribution in [0.2, 0.25) is 0 Å². The van der Waals surface area contributed by atoms with Gasteiger partial charge in [0.2, 0.25) is 0 Å². The molecule has 70 valence electrons. The van der Waals surface area contributed by atoms with Crippen molar-refractivity contribution in [3.63, 3.8) is 0 Å². The third kappa shape index (κ3) is 0.922. The second kappa shape index (κ2) is 2.20. The first-order chi connectivity index (χ1) is 5.46. The van der Waals surface area contributed by atoms with Gasteiger partial charge in [0.1, 0.15) is 0 Å². The average molecular weight is 193 g/mol. The largest absolute Gasteiger partial charge is 0.407 e. The molecule has 1 spiro atoms. The van der Waals surface area contributed by atoms with Crippen LogP contribution in [0.3, 0.4) is 0 Å². The van der Waals surface area contributed by atoms with Gasteiger partial charge in [-0.05, 0) is 13.5 Å². The first kappa shape index (κ1) is 8.43. The van der Waals surface area contributed by atoms with Crippen molar-refractivity contribution < 1.29 is 16.8 Å². The minimum atomic E-state index is -3.68. The molecule has 6 heteroatoms. The first-order valence-corrected chi connectivity index (χ1v) is 5.17. The number of hydrogen-bond acceptors (Lipinski definition) is 5. The van der Waals surface area contributed by atoms with E-state index in [4.69, 9.17) is 8.37 Å². The van der Waals surface area contributed by atoms with Crippen molar-refractivity contribution in [2.24, 2.45) is 5.92 Å². The molecule has 0 radical (unpaired) electrons. The Hall–Kier alpha value is -0.170. The predicted octanol–water partition coefficient (Wildman–Crippen LogP) is -0.0966. The van der Waals surface area contributed by atoms with Crippen LogP contribution in [0, 0.1) is 5.92 Å². The van der Waals surface area contributed by atoms with Gasteiger partial charge in [-0.25, -0.2) is 0 Å². The molecular formula is C6H11NO4S. The standard InChI is InChI=1S/C6H11NO4S/c1-5-3-4-7(2)6(5)10-12(8,9)11-6/h5H,3-4H2,1-2H3. The van der Waals surface area contributed by atoms with E-state index >= 15 is 0 Å². The van der Waals surface area contributed by atoms with Gasteiger partial charge >= 0.3 is 10.4 Å². The van der Waals surface area contributed by atoms with Crippen LogP contribution in [-0.4, -0.2) is 32.8 Å². The van der Waals surface area contributed by atoms with Crippen LogP contribution in [0.25, 0.3) is 0 Å². The fourth-order valence-electron chi connectivity index (χ4n) is 1.69. The summed E-state index contributed by atoms with van der Waals surface area (Å²) in [5.41, 5.74) is 0. The van der Waals surface area contributed by atoms with Gasteiger partial charge in [-0.1, -0.05) is 6.92 Å². The zero-order valence-corrected chi connectivity index (χ0v) is 7.80. The lowest BCUT2D eigenvalue weighted by Crippen LogP contribution is -2.60. The van der Waals surface area contributed by atoms with Crippen molar-refractivity contribution in [1.29, 1.82) is 0 Å². The number of hydrogen-bond donors (Lipinski definition) is 0. The van der Waals surface area contributed by atoms with Gasteiger partial charge in [0, 0.05) is 12.5 Å². The maximum Gasteiger partial charge on any atom is 0.407 e. The topological polar surface area (TPSA) is 55.8 Å². The Kier molecular flexibility index (Phi) is 1.54. The van der Waals surface area contributed by atoms with Crippen LogP contribution < -0.4 is 0 Å². The van der Waals surface area contributed by atoms with E-state index < -0.39 is 16.3 Å². The van der Waals surface area contributed by atoms with E-state index in [1.54, 1.807) is 11.9 Å². The van der Waals surface area contributed by atoms with Gasteiger partial charge < -0.3 is 0 Å². The molecule has 0 aromatic carbocycles. The van der Waals surface area contributed by atoms with Crippen molar-refractivity contribution in [1.82, 2.24) is 4.90 Å². The van der Waals surface area contributed by atoms with E-state index in [9.17, 15) is 8.42 Å². The summed E-state index contributed by atoms with van der Waals surface area (Å²) in [6.45, 7) is 2.72. The maximum absolute atomic E-state index is 10.7. The first-order valence-electron chi connectivity index (χ1n) is 3.84. The molecule has 12 heavy (non-hydrogen) atoms. The van der Waals surface area contributed by atoms with Crippen LogP contribution in [0.4, 0.5) is 0 Å². The number of nitrogens with zero attached hydrogens (tertiary/aromatic N) is 1. The molecule has 2 aliphatic rings. The fourth-order valence-corrected chi connectivity index (χ4v) is 2.87. The highest BCUT2D eigenvalue weighted by molar-refractivity contribution is 7.82. The molecule has 1 atom stereocenters. The van der Waals surface area contributed by atoms with Crippen LogP contribution in [-0.2, 0) is 18.8 Å². The van der Waals surface area contributed by atoms with Crippen molar-refractivity contribution in [2.75, 3.05) is 13.6 Å². The molecule has 0 bridgehead atoms. The van der Waals surface area contributed by atoms with Crippen LogP contribution >= 0.6 is 0 Å². The lowest BCUT2D eigenvalue weighted by molar-refractivity contribution is -0.277. The smallest absolute Gasteiger partial charge is 0.253 e. The molecular weight excluding hydrogens is 182 g/mol. The van der Waals surface area contributed by atoms with Crippen LogP contribution in [0.1, 0.15) is 13.3 Å². The highest BCUT2D eigenvalue weighted by atomic mass is 32.3. The highest BCUT2D eigenvalue weighted by Gasteiger charge is 2.61. The molecule has 0 aromatic rings. The summed E-state index contributed by atoms with van der Waals surface area (Å²) in [5.74, 6) is -0.884. The summed E-state index contributed by atoms with van der Waals surface area (Å²) < 4.78 is 30.9. The van der Waals surface area contributed by atoms with E-state index in [1.807, 2.05) is 6.92 Å². The molecule has 2 rings (SSSR count). The van der Waals surface area contributed by atoms with E-state index in [0.29, 0.717) is 0 Å². The normalized spacial score (nSPS) is 38.3. The fraction of sp³-hybridized carbons (Fsp3) is 1.00. The molecule has 5 nitrogen and oxygen atoms in total. The van der Waals surface area contributed by atoms with E-state index in [2.05, 4.69) is 0 Å². The third-order valence-corrected chi connectivity index (χ3v) is 3.38. The van der Waals surface area contributed by atoms with Gasteiger partial charge in [-0.15, -0.1) is 0 Å². The SMILES string of the molecule is CC1CCN(C)C12OS(=O)(=O)O2. The Morgan fingerprint density at radius 3 is 2.42 bits per heavy atom. The Balaban J connectivity index is 2.23. The third-order valence-electron chi connectivity index (χ3n) is 2.50. The Labute approximate surface area is 71.6 Å². The number of rotatable bonds is 0. The summed E-state index contributed by atoms with van der Waals surface area (Å²) in [6, 6.07) is 0. The van der Waals surface area contributed by atoms with E-state index in [-0.39, 0.29) is 5.92 Å². The molecule has 0 aliphatic carbocycles. The van der Waals surface area contributed by atoms with Gasteiger partial charge in [0.15, 0.2) is 0 Å². The maximum atomic E-state index is 10.7. The van der Waals surface area contributed by atoms with Gasteiger partial charge in [-0.3, -0.25) is 4.90 Å². The molecule has 2 aliphatic heterocycles. The molecule has 2 fully saturated rings. The molecule has 2 saturated heterocycles. The summed E-state index contributed by atoms with van der Waals surface area (Å²) in [5, 5.41) is 0. The quantitative estimate of drug-likeness (QED) is 0.538. The molecule has 1 unspecified atom stereocenters. The second-order valence-corrected chi connectivity index (χ2v) is 4.47. The van der Waals surface area contributed by atoms with Crippen LogP contribution in [0.15, 0.2) is 0 Å². The lowest BCUT2D eigenvalue weighted by Gasteiger charge is -2.42. The second-order valence-electron chi connectivity index (χ2n) is 3.32. The lowest BCUT2D eigenvalue weighted by atomic mass is 10.1. The van der Waals surface area contributed by atoms with Gasteiger partial charge in [0.05, 0.1) is 0 Å². The van der Waals surface area contributed by atoms with Gasteiger partial charge in [-0.2, -0.15) is 16.8 Å². The summed E-state index contributed by atoms with van der Waals surface area (Å²) in [4.78, 5) is 1.78. The van der Waals surface area contributed by atoms with Crippen molar-refractivity contribution in [3.05, 3.63) is 0 Å². The Bertz CT molecular complexity index is 275. The minimum Gasteiger partial charge on any atom is -0.253 e. The molecule has 0 saturated carbocycles. The average Bonchev–Trinajstić information content (AvgIpc) is 2.14. The molecule has 0 N–H and O–H groups in total. The summed E-state index contributed by atoms with van der Waals surface area (Å²) >= 11 is 0. The highest BCUT2D eigenvalue weighted by Crippen LogP contribution is 2.45. The zero-order valence-electron chi connectivity index (χ0n) is 6.98. The summed E-state index contributed by atoms with van der Waals surface area (Å²) in [7, 11) is -1.89. The van der Waals surface area contributed by atoms with E-state index in [0.717, 1.165) is 13.0 Å². The van der Waals surface area contributed by atoms with E-state index in [1.165, 1.54) is 0 Å². The van der Waals surface area contributed by atoms with Crippen molar-refractivity contribution in [3.8, 4) is 0 Å². The monoisotopic (exact) mass is 193 g/mol. The van der Waals surface area contributed by atoms with Crippen molar-refractivity contribution >= 4 is 10.4 Å². The molecule has 0 amide bonds. The Morgan fingerprint density at radius 1 is 1.50 bits per heavy atom. The number of likely N-dealkylation sites (tertiary alicyclic amines) is 1.